The van der Waals surface area contributed by atoms with Gasteiger partial charge in [-0.25, -0.2) is 4.98 Å². The van der Waals surface area contributed by atoms with Gasteiger partial charge in [-0.05, 0) is 39.0 Å². The monoisotopic (exact) mass is 497 g/mol. The highest BCUT2D eigenvalue weighted by atomic mass is 32.2. The number of Topliss-reactive ketones (excluding diaryl/α,β-unsaturated/α-hetero) is 1. The minimum absolute atomic E-state index is 0.00378. The van der Waals surface area contributed by atoms with Gasteiger partial charge in [0.25, 0.3) is 5.56 Å². The first-order chi connectivity index (χ1) is 16.4. The van der Waals surface area contributed by atoms with Crippen molar-refractivity contribution in [3.63, 3.8) is 0 Å². The number of rotatable bonds is 10. The number of ketones is 1. The van der Waals surface area contributed by atoms with Crippen LogP contribution in [0.1, 0.15) is 34.7 Å². The first-order valence-electron chi connectivity index (χ1n) is 10.9. The van der Waals surface area contributed by atoms with Gasteiger partial charge in [-0.1, -0.05) is 17.8 Å². The molecule has 0 radical (unpaired) electrons. The number of hydrogen-bond acceptors (Lipinski definition) is 7. The molecule has 0 aliphatic carbocycles. The van der Waals surface area contributed by atoms with Crippen molar-refractivity contribution in [3.05, 3.63) is 69.8 Å². The molecule has 0 fully saturated rings. The SMILES string of the molecule is C=CCn1c(SCC(=O)c2cc(C)n([C@@H](C)COC)c2C)nc2scc(-c3ccco3)c2c1=O. The number of thioether (sulfide) groups is 1. The van der Waals surface area contributed by atoms with Gasteiger partial charge < -0.3 is 13.7 Å². The average Bonchev–Trinajstić information content (AvgIpc) is 3.53. The maximum atomic E-state index is 13.4. The van der Waals surface area contributed by atoms with Crippen molar-refractivity contribution in [3.8, 4) is 11.3 Å². The molecule has 4 aromatic rings. The lowest BCUT2D eigenvalue weighted by Crippen LogP contribution is -2.23. The number of furan rings is 1. The summed E-state index contributed by atoms with van der Waals surface area (Å²) in [5, 5.41) is 2.90. The largest absolute Gasteiger partial charge is 0.464 e. The molecule has 0 saturated carbocycles. The van der Waals surface area contributed by atoms with E-state index in [-0.39, 0.29) is 23.1 Å². The Labute approximate surface area is 206 Å². The highest BCUT2D eigenvalue weighted by Crippen LogP contribution is 2.32. The molecule has 4 heterocycles. The molecule has 0 unspecified atom stereocenters. The fraction of sp³-hybridized carbons (Fsp3) is 0.320. The molecule has 34 heavy (non-hydrogen) atoms. The molecule has 0 bridgehead atoms. The molecule has 0 spiro atoms. The second kappa shape index (κ2) is 10.2. The number of carbonyl (C=O) groups is 1. The third kappa shape index (κ3) is 4.43. The Kier molecular flexibility index (Phi) is 7.25. The zero-order valence-electron chi connectivity index (χ0n) is 19.7. The summed E-state index contributed by atoms with van der Waals surface area (Å²) < 4.78 is 14.5. The lowest BCUT2D eigenvalue weighted by atomic mass is 10.2. The van der Waals surface area contributed by atoms with Crippen LogP contribution in [-0.2, 0) is 11.3 Å². The number of carbonyl (C=O) groups excluding carboxylic acids is 1. The molecule has 0 aromatic carbocycles. The predicted molar refractivity (Wildman–Crippen MR) is 137 cm³/mol. The molecule has 9 heteroatoms. The summed E-state index contributed by atoms with van der Waals surface area (Å²) >= 11 is 2.66. The van der Waals surface area contributed by atoms with E-state index in [1.54, 1.807) is 30.1 Å². The summed E-state index contributed by atoms with van der Waals surface area (Å²) in [4.78, 5) is 31.9. The van der Waals surface area contributed by atoms with Gasteiger partial charge in [0.1, 0.15) is 10.6 Å². The first kappa shape index (κ1) is 24.3. The Morgan fingerprint density at radius 3 is 2.88 bits per heavy atom. The Balaban J connectivity index is 1.65. The molecule has 7 nitrogen and oxygen atoms in total. The summed E-state index contributed by atoms with van der Waals surface area (Å²) in [7, 11) is 1.67. The van der Waals surface area contributed by atoms with Crippen LogP contribution in [0.4, 0.5) is 0 Å². The Morgan fingerprint density at radius 2 is 2.21 bits per heavy atom. The van der Waals surface area contributed by atoms with Gasteiger partial charge in [0.05, 0.1) is 30.1 Å². The van der Waals surface area contributed by atoms with Gasteiger partial charge in [-0.2, -0.15) is 0 Å². The van der Waals surface area contributed by atoms with E-state index in [0.717, 1.165) is 17.0 Å². The van der Waals surface area contributed by atoms with Crippen molar-refractivity contribution in [1.29, 1.82) is 0 Å². The molecule has 1 atom stereocenters. The van der Waals surface area contributed by atoms with E-state index in [9.17, 15) is 9.59 Å². The third-order valence-corrected chi connectivity index (χ3v) is 7.57. The van der Waals surface area contributed by atoms with Gasteiger partial charge in [0, 0.05) is 41.5 Å². The van der Waals surface area contributed by atoms with Crippen molar-refractivity contribution in [1.82, 2.24) is 14.1 Å². The quantitative estimate of drug-likeness (QED) is 0.124. The molecule has 0 N–H and O–H groups in total. The second-order valence-corrected chi connectivity index (χ2v) is 9.88. The zero-order valence-corrected chi connectivity index (χ0v) is 21.3. The fourth-order valence-corrected chi connectivity index (χ4v) is 6.14. The van der Waals surface area contributed by atoms with E-state index >= 15 is 0 Å². The number of hydrogen-bond donors (Lipinski definition) is 0. The zero-order chi connectivity index (χ0) is 24.4. The summed E-state index contributed by atoms with van der Waals surface area (Å²) in [6.07, 6.45) is 3.24. The molecule has 4 aromatic heterocycles. The van der Waals surface area contributed by atoms with Crippen LogP contribution in [0.5, 0.6) is 0 Å². The molecule has 0 aliphatic rings. The molecule has 178 valence electrons. The van der Waals surface area contributed by atoms with Gasteiger partial charge >= 0.3 is 0 Å². The number of aryl methyl sites for hydroxylation is 1. The summed E-state index contributed by atoms with van der Waals surface area (Å²) in [6, 6.07) is 5.66. The number of thiophene rings is 1. The van der Waals surface area contributed by atoms with E-state index in [2.05, 4.69) is 18.1 Å². The Bertz CT molecular complexity index is 1400. The smallest absolute Gasteiger partial charge is 0.263 e. The van der Waals surface area contributed by atoms with Crippen LogP contribution in [0.2, 0.25) is 0 Å². The maximum absolute atomic E-state index is 13.4. The average molecular weight is 498 g/mol. The van der Waals surface area contributed by atoms with Crippen molar-refractivity contribution < 1.29 is 13.9 Å². The molecule has 0 amide bonds. The van der Waals surface area contributed by atoms with E-state index in [4.69, 9.17) is 14.1 Å². The topological polar surface area (TPSA) is 79.3 Å². The van der Waals surface area contributed by atoms with E-state index < -0.39 is 0 Å². The van der Waals surface area contributed by atoms with Gasteiger partial charge in [-0.3, -0.25) is 14.2 Å². The number of allylic oxidation sites excluding steroid dienone is 1. The summed E-state index contributed by atoms with van der Waals surface area (Å²) in [6.45, 7) is 10.7. The van der Waals surface area contributed by atoms with E-state index in [0.29, 0.717) is 39.8 Å². The van der Waals surface area contributed by atoms with Crippen molar-refractivity contribution >= 4 is 39.1 Å². The van der Waals surface area contributed by atoms with Crippen LogP contribution in [0, 0.1) is 13.8 Å². The predicted octanol–water partition coefficient (Wildman–Crippen LogP) is 5.50. The van der Waals surface area contributed by atoms with Crippen LogP contribution >= 0.6 is 23.1 Å². The minimum atomic E-state index is -0.168. The number of aromatic nitrogens is 3. The molecule has 0 aliphatic heterocycles. The maximum Gasteiger partial charge on any atom is 0.263 e. The molecule has 0 saturated heterocycles. The normalized spacial score (nSPS) is 12.4. The van der Waals surface area contributed by atoms with E-state index in [1.807, 2.05) is 31.4 Å². The van der Waals surface area contributed by atoms with Crippen molar-refractivity contribution in [2.75, 3.05) is 19.5 Å². The first-order valence-corrected chi connectivity index (χ1v) is 12.7. The standard InChI is InChI=1S/C25H27N3O4S2/c1-6-9-27-24(30)22-19(21-8-7-10-32-21)13-33-23(22)26-25(27)34-14-20(29)18-11-15(2)28(17(18)4)16(3)12-31-5/h6-8,10-11,13,16H,1,9,12,14H2,2-5H3/t16-/m0/s1. The Hall–Kier alpha value is -2.88. The number of nitrogens with zero attached hydrogens (tertiary/aromatic N) is 3. The summed E-state index contributed by atoms with van der Waals surface area (Å²) in [5.41, 5.74) is 3.18. The third-order valence-electron chi connectivity index (χ3n) is 5.72. The Morgan fingerprint density at radius 1 is 1.41 bits per heavy atom. The highest BCUT2D eigenvalue weighted by Gasteiger charge is 2.22. The van der Waals surface area contributed by atoms with Gasteiger partial charge in [-0.15, -0.1) is 17.9 Å². The van der Waals surface area contributed by atoms with E-state index in [1.165, 1.54) is 23.1 Å². The molecular weight excluding hydrogens is 470 g/mol. The van der Waals surface area contributed by atoms with Crippen molar-refractivity contribution in [2.24, 2.45) is 0 Å². The highest BCUT2D eigenvalue weighted by molar-refractivity contribution is 7.99. The second-order valence-electron chi connectivity index (χ2n) is 8.08. The van der Waals surface area contributed by atoms with Crippen LogP contribution in [-0.4, -0.2) is 39.4 Å². The van der Waals surface area contributed by atoms with Crippen LogP contribution < -0.4 is 5.56 Å². The van der Waals surface area contributed by atoms with Crippen LogP contribution in [0.3, 0.4) is 0 Å². The number of fused-ring (bicyclic) bond motifs is 1. The molecular formula is C25H27N3O4S2. The number of ether oxygens (including phenoxy) is 1. The molecule has 4 rings (SSSR count). The lowest BCUT2D eigenvalue weighted by Gasteiger charge is -2.17. The minimum Gasteiger partial charge on any atom is -0.464 e. The van der Waals surface area contributed by atoms with Crippen LogP contribution in [0.15, 0.2) is 56.9 Å². The summed E-state index contributed by atoms with van der Waals surface area (Å²) in [5.74, 6) is 0.800. The van der Waals surface area contributed by atoms with Crippen LogP contribution in [0.25, 0.3) is 21.5 Å². The van der Waals surface area contributed by atoms with Crippen molar-refractivity contribution in [2.45, 2.75) is 38.5 Å². The number of methoxy groups -OCH3 is 1. The fourth-order valence-electron chi connectivity index (χ4n) is 4.28. The lowest BCUT2D eigenvalue weighted by molar-refractivity contribution is 0.102. The van der Waals surface area contributed by atoms with Gasteiger partial charge in [0.15, 0.2) is 10.9 Å². The van der Waals surface area contributed by atoms with Gasteiger partial charge in [0.2, 0.25) is 0 Å².